The van der Waals surface area contributed by atoms with E-state index in [-0.39, 0.29) is 6.10 Å². The van der Waals surface area contributed by atoms with Gasteiger partial charge in [-0.1, -0.05) is 19.0 Å². The number of hydrogen-bond acceptors (Lipinski definition) is 6. The van der Waals surface area contributed by atoms with Gasteiger partial charge in [-0.25, -0.2) is 0 Å². The van der Waals surface area contributed by atoms with Crippen LogP contribution < -0.4 is 5.32 Å². The minimum Gasteiger partial charge on any atom is -0.383 e. The summed E-state index contributed by atoms with van der Waals surface area (Å²) < 4.78 is 15.4. The van der Waals surface area contributed by atoms with Crippen molar-refractivity contribution in [1.82, 2.24) is 15.5 Å². The fraction of sp³-hybridized carbons (Fsp3) is 0.818. The zero-order valence-electron chi connectivity index (χ0n) is 10.9. The minimum atomic E-state index is -0.119. The van der Waals surface area contributed by atoms with E-state index in [1.54, 1.807) is 14.2 Å². The lowest BCUT2D eigenvalue weighted by Gasteiger charge is -2.14. The van der Waals surface area contributed by atoms with Gasteiger partial charge in [0.1, 0.15) is 6.10 Å². The average Bonchev–Trinajstić information content (AvgIpc) is 2.74. The standard InChI is InChI=1S/C11H21N3O3/c1-8(2)10(16-4)11-13-9(17-14-11)7-12-5-6-15-3/h8,10,12H,5-7H2,1-4H3. The molecule has 1 atom stereocenters. The van der Waals surface area contributed by atoms with Gasteiger partial charge >= 0.3 is 0 Å². The number of methoxy groups -OCH3 is 2. The fourth-order valence-corrected chi connectivity index (χ4v) is 1.50. The Labute approximate surface area is 102 Å². The van der Waals surface area contributed by atoms with Crippen LogP contribution in [0.2, 0.25) is 0 Å². The van der Waals surface area contributed by atoms with Crippen LogP contribution in [-0.4, -0.2) is 37.5 Å². The fourth-order valence-electron chi connectivity index (χ4n) is 1.50. The summed E-state index contributed by atoms with van der Waals surface area (Å²) in [5.41, 5.74) is 0. The van der Waals surface area contributed by atoms with Crippen LogP contribution in [0.5, 0.6) is 0 Å². The molecular formula is C11H21N3O3. The molecule has 0 fully saturated rings. The first-order valence-corrected chi connectivity index (χ1v) is 5.74. The first-order chi connectivity index (χ1) is 8.19. The molecule has 1 aromatic heterocycles. The quantitative estimate of drug-likeness (QED) is 0.691. The average molecular weight is 243 g/mol. The van der Waals surface area contributed by atoms with Crippen molar-refractivity contribution in [2.24, 2.45) is 5.92 Å². The van der Waals surface area contributed by atoms with Gasteiger partial charge < -0.3 is 19.3 Å². The van der Waals surface area contributed by atoms with E-state index in [1.165, 1.54) is 0 Å². The molecule has 17 heavy (non-hydrogen) atoms. The molecule has 0 aliphatic rings. The summed E-state index contributed by atoms with van der Waals surface area (Å²) in [6, 6.07) is 0. The highest BCUT2D eigenvalue weighted by molar-refractivity contribution is 4.92. The van der Waals surface area contributed by atoms with Crippen LogP contribution in [0, 0.1) is 5.92 Å². The van der Waals surface area contributed by atoms with Crippen molar-refractivity contribution in [1.29, 1.82) is 0 Å². The maximum atomic E-state index is 5.33. The molecule has 0 aliphatic carbocycles. The van der Waals surface area contributed by atoms with Gasteiger partial charge in [-0.2, -0.15) is 4.98 Å². The summed E-state index contributed by atoms with van der Waals surface area (Å²) in [4.78, 5) is 4.29. The number of nitrogens with one attached hydrogen (secondary N) is 1. The molecule has 0 aromatic carbocycles. The van der Waals surface area contributed by atoms with Crippen LogP contribution in [0.15, 0.2) is 4.52 Å². The van der Waals surface area contributed by atoms with E-state index >= 15 is 0 Å². The van der Waals surface area contributed by atoms with Gasteiger partial charge in [-0.15, -0.1) is 0 Å². The van der Waals surface area contributed by atoms with Gasteiger partial charge in [-0.3, -0.25) is 0 Å². The monoisotopic (exact) mass is 243 g/mol. The largest absolute Gasteiger partial charge is 0.383 e. The predicted octanol–water partition coefficient (Wildman–Crippen LogP) is 1.15. The highest BCUT2D eigenvalue weighted by Gasteiger charge is 2.20. The smallest absolute Gasteiger partial charge is 0.240 e. The van der Waals surface area contributed by atoms with Crippen molar-refractivity contribution in [3.63, 3.8) is 0 Å². The Morgan fingerprint density at radius 2 is 2.12 bits per heavy atom. The Morgan fingerprint density at radius 1 is 1.35 bits per heavy atom. The number of ether oxygens (including phenoxy) is 2. The molecule has 1 unspecified atom stereocenters. The molecule has 0 amide bonds. The zero-order chi connectivity index (χ0) is 12.7. The summed E-state index contributed by atoms with van der Waals surface area (Å²) >= 11 is 0. The van der Waals surface area contributed by atoms with Crippen LogP contribution in [0.3, 0.4) is 0 Å². The SMILES string of the molecule is COCCNCc1nc(C(OC)C(C)C)no1. The molecule has 6 nitrogen and oxygen atoms in total. The third kappa shape index (κ3) is 4.41. The first kappa shape index (κ1) is 14.1. The second kappa shape index (κ2) is 7.37. The third-order valence-corrected chi connectivity index (χ3v) is 2.36. The normalized spacial score (nSPS) is 13.2. The predicted molar refractivity (Wildman–Crippen MR) is 62.5 cm³/mol. The number of rotatable bonds is 8. The van der Waals surface area contributed by atoms with Crippen molar-refractivity contribution >= 4 is 0 Å². The summed E-state index contributed by atoms with van der Waals surface area (Å²) in [5.74, 6) is 1.48. The third-order valence-electron chi connectivity index (χ3n) is 2.36. The van der Waals surface area contributed by atoms with Gasteiger partial charge in [0.25, 0.3) is 0 Å². The second-order valence-corrected chi connectivity index (χ2v) is 4.12. The van der Waals surface area contributed by atoms with E-state index in [0.717, 1.165) is 6.54 Å². The number of nitrogens with zero attached hydrogens (tertiary/aromatic N) is 2. The van der Waals surface area contributed by atoms with E-state index < -0.39 is 0 Å². The lowest BCUT2D eigenvalue weighted by atomic mass is 10.1. The second-order valence-electron chi connectivity index (χ2n) is 4.12. The van der Waals surface area contributed by atoms with Crippen LogP contribution >= 0.6 is 0 Å². The van der Waals surface area contributed by atoms with Crippen molar-refractivity contribution in [2.75, 3.05) is 27.4 Å². The molecule has 1 rings (SSSR count). The van der Waals surface area contributed by atoms with Crippen molar-refractivity contribution in [3.8, 4) is 0 Å². The van der Waals surface area contributed by atoms with Crippen molar-refractivity contribution < 1.29 is 14.0 Å². The van der Waals surface area contributed by atoms with Crippen LogP contribution in [0.25, 0.3) is 0 Å². The molecule has 0 saturated carbocycles. The lowest BCUT2D eigenvalue weighted by Crippen LogP contribution is -2.18. The van der Waals surface area contributed by atoms with E-state index in [2.05, 4.69) is 29.3 Å². The summed E-state index contributed by atoms with van der Waals surface area (Å²) in [5, 5.41) is 7.07. The number of hydrogen-bond donors (Lipinski definition) is 1. The topological polar surface area (TPSA) is 69.4 Å². The molecule has 0 spiro atoms. The molecule has 1 N–H and O–H groups in total. The zero-order valence-corrected chi connectivity index (χ0v) is 10.9. The summed E-state index contributed by atoms with van der Waals surface area (Å²) in [7, 11) is 3.32. The van der Waals surface area contributed by atoms with E-state index in [0.29, 0.717) is 30.8 Å². The van der Waals surface area contributed by atoms with Gasteiger partial charge in [0.05, 0.1) is 13.2 Å². The van der Waals surface area contributed by atoms with Crippen LogP contribution in [0.1, 0.15) is 31.7 Å². The maximum Gasteiger partial charge on any atom is 0.240 e. The Bertz CT molecular complexity index is 315. The molecule has 0 radical (unpaired) electrons. The molecule has 1 heterocycles. The molecule has 0 aliphatic heterocycles. The Balaban J connectivity index is 2.46. The van der Waals surface area contributed by atoms with Crippen molar-refractivity contribution in [2.45, 2.75) is 26.5 Å². The van der Waals surface area contributed by atoms with E-state index in [9.17, 15) is 0 Å². The molecule has 6 heteroatoms. The van der Waals surface area contributed by atoms with Crippen molar-refractivity contribution in [3.05, 3.63) is 11.7 Å². The van der Waals surface area contributed by atoms with Gasteiger partial charge in [0.2, 0.25) is 11.7 Å². The van der Waals surface area contributed by atoms with E-state index in [4.69, 9.17) is 14.0 Å². The lowest BCUT2D eigenvalue weighted by molar-refractivity contribution is 0.0555. The van der Waals surface area contributed by atoms with Gasteiger partial charge in [0, 0.05) is 20.8 Å². The Morgan fingerprint density at radius 3 is 2.71 bits per heavy atom. The molecule has 98 valence electrons. The molecular weight excluding hydrogens is 222 g/mol. The highest BCUT2D eigenvalue weighted by Crippen LogP contribution is 2.21. The van der Waals surface area contributed by atoms with Gasteiger partial charge in [0.15, 0.2) is 0 Å². The first-order valence-electron chi connectivity index (χ1n) is 5.74. The molecule has 0 bridgehead atoms. The Kier molecular flexibility index (Phi) is 6.10. The summed E-state index contributed by atoms with van der Waals surface area (Å²) in [6.45, 7) is 6.08. The molecule has 1 aromatic rings. The van der Waals surface area contributed by atoms with Gasteiger partial charge in [-0.05, 0) is 5.92 Å². The Hall–Kier alpha value is -0.980. The maximum absolute atomic E-state index is 5.33. The minimum absolute atomic E-state index is 0.119. The summed E-state index contributed by atoms with van der Waals surface area (Å²) in [6.07, 6.45) is -0.119. The number of aromatic nitrogens is 2. The molecule has 0 saturated heterocycles. The van der Waals surface area contributed by atoms with Crippen LogP contribution in [-0.2, 0) is 16.0 Å². The highest BCUT2D eigenvalue weighted by atomic mass is 16.5. The van der Waals surface area contributed by atoms with E-state index in [1.807, 2.05) is 0 Å². The van der Waals surface area contributed by atoms with Crippen LogP contribution in [0.4, 0.5) is 0 Å².